The molecule has 0 aliphatic heterocycles. The fourth-order valence-corrected chi connectivity index (χ4v) is 1.95. The molecular weight excluding hydrogens is 268 g/mol. The lowest BCUT2D eigenvalue weighted by molar-refractivity contribution is 0.0649. The van der Waals surface area contributed by atoms with Crippen LogP contribution in [0.2, 0.25) is 0 Å². The molecule has 0 aliphatic rings. The predicted molar refractivity (Wildman–Crippen MR) is 77.8 cm³/mol. The molecule has 0 amide bonds. The summed E-state index contributed by atoms with van der Waals surface area (Å²) in [7, 11) is 0. The third-order valence-electron chi connectivity index (χ3n) is 2.97. The summed E-state index contributed by atoms with van der Waals surface area (Å²) >= 11 is 0. The Morgan fingerprint density at radius 3 is 2.19 bits per heavy atom. The van der Waals surface area contributed by atoms with Crippen molar-refractivity contribution in [2.45, 2.75) is 6.10 Å². The van der Waals surface area contributed by atoms with E-state index in [4.69, 9.17) is 4.74 Å². The van der Waals surface area contributed by atoms with Crippen molar-refractivity contribution in [3.05, 3.63) is 84.1 Å². The Balaban J connectivity index is 2.35. The van der Waals surface area contributed by atoms with Crippen molar-refractivity contribution < 1.29 is 19.4 Å². The summed E-state index contributed by atoms with van der Waals surface area (Å²) in [5.74, 6) is -1.24. The van der Waals surface area contributed by atoms with E-state index in [0.717, 1.165) is 6.26 Å². The van der Waals surface area contributed by atoms with E-state index in [1.807, 2.05) is 0 Å². The first kappa shape index (κ1) is 14.7. The average molecular weight is 282 g/mol. The van der Waals surface area contributed by atoms with E-state index in [-0.39, 0.29) is 11.1 Å². The summed E-state index contributed by atoms with van der Waals surface area (Å²) in [6, 6.07) is 14.7. The third-order valence-corrected chi connectivity index (χ3v) is 2.97. The molecule has 0 spiro atoms. The van der Waals surface area contributed by atoms with Crippen molar-refractivity contribution >= 4 is 11.8 Å². The van der Waals surface area contributed by atoms with E-state index in [2.05, 4.69) is 6.58 Å². The van der Waals surface area contributed by atoms with Crippen molar-refractivity contribution in [2.75, 3.05) is 0 Å². The van der Waals surface area contributed by atoms with Gasteiger partial charge in [-0.15, -0.1) is 0 Å². The number of hydrogen-bond acceptors (Lipinski definition) is 4. The highest BCUT2D eigenvalue weighted by atomic mass is 16.5. The van der Waals surface area contributed by atoms with Gasteiger partial charge < -0.3 is 9.84 Å². The van der Waals surface area contributed by atoms with Crippen molar-refractivity contribution in [3.8, 4) is 0 Å². The minimum absolute atomic E-state index is 0.0948. The van der Waals surface area contributed by atoms with Crippen LogP contribution in [0, 0.1) is 0 Å². The summed E-state index contributed by atoms with van der Waals surface area (Å²) in [5.41, 5.74) is 0.674. The molecule has 0 heterocycles. The van der Waals surface area contributed by atoms with Gasteiger partial charge in [0.15, 0.2) is 5.78 Å². The molecule has 2 aromatic carbocycles. The molecule has 0 aliphatic carbocycles. The van der Waals surface area contributed by atoms with Crippen LogP contribution in [-0.4, -0.2) is 16.9 Å². The molecule has 0 fully saturated rings. The molecule has 1 N–H and O–H groups in total. The van der Waals surface area contributed by atoms with E-state index in [1.54, 1.807) is 42.5 Å². The number of hydrogen-bond donors (Lipinski definition) is 1. The number of aliphatic hydroxyl groups is 1. The van der Waals surface area contributed by atoms with Crippen molar-refractivity contribution in [1.82, 2.24) is 0 Å². The maximum atomic E-state index is 12.4. The van der Waals surface area contributed by atoms with E-state index in [0.29, 0.717) is 5.56 Å². The van der Waals surface area contributed by atoms with Gasteiger partial charge in [-0.2, -0.15) is 0 Å². The summed E-state index contributed by atoms with van der Waals surface area (Å²) < 4.78 is 4.70. The highest BCUT2D eigenvalue weighted by molar-refractivity contribution is 6.08. The average Bonchev–Trinajstić information content (AvgIpc) is 2.54. The molecule has 0 bridgehead atoms. The summed E-state index contributed by atoms with van der Waals surface area (Å²) in [6.07, 6.45) is -0.333. The highest BCUT2D eigenvalue weighted by Crippen LogP contribution is 2.21. The summed E-state index contributed by atoms with van der Waals surface area (Å²) in [5, 5.41) is 10.2. The lowest BCUT2D eigenvalue weighted by Crippen LogP contribution is -2.16. The summed E-state index contributed by atoms with van der Waals surface area (Å²) in [6.45, 7) is 3.31. The Hall–Kier alpha value is -2.72. The van der Waals surface area contributed by atoms with Gasteiger partial charge in [0.05, 0.1) is 11.8 Å². The molecule has 21 heavy (non-hydrogen) atoms. The molecule has 106 valence electrons. The smallest absolute Gasteiger partial charge is 0.343 e. The van der Waals surface area contributed by atoms with E-state index in [9.17, 15) is 14.7 Å². The number of aliphatic hydroxyl groups excluding tert-OH is 1. The molecular formula is C17H14O4. The minimum Gasteiger partial charge on any atom is -0.432 e. The van der Waals surface area contributed by atoms with Crippen LogP contribution < -0.4 is 0 Å². The largest absolute Gasteiger partial charge is 0.432 e. The fourth-order valence-electron chi connectivity index (χ4n) is 1.95. The molecule has 0 aromatic heterocycles. The van der Waals surface area contributed by atoms with Crippen molar-refractivity contribution in [1.29, 1.82) is 0 Å². The van der Waals surface area contributed by atoms with Crippen LogP contribution >= 0.6 is 0 Å². The Bertz CT molecular complexity index is 662. The number of Topliss-reactive ketones (excluding diaryl/α,β-unsaturated/α-hetero) is 1. The Morgan fingerprint density at radius 2 is 1.57 bits per heavy atom. The molecule has 1 atom stereocenters. The second-order valence-electron chi connectivity index (χ2n) is 4.30. The van der Waals surface area contributed by atoms with Gasteiger partial charge in [-0.25, -0.2) is 4.79 Å². The SMILES string of the molecule is C=COC(=O)c1ccccc1C(=O)C(O)c1ccccc1. The second kappa shape index (κ2) is 6.63. The van der Waals surface area contributed by atoms with E-state index >= 15 is 0 Å². The Morgan fingerprint density at radius 1 is 1.00 bits per heavy atom. The van der Waals surface area contributed by atoms with Gasteiger partial charge in [0, 0.05) is 5.56 Å². The van der Waals surface area contributed by atoms with Crippen LogP contribution in [-0.2, 0) is 4.74 Å². The van der Waals surface area contributed by atoms with Gasteiger partial charge in [0.2, 0.25) is 0 Å². The number of benzene rings is 2. The fraction of sp³-hybridized carbons (Fsp3) is 0.0588. The van der Waals surface area contributed by atoms with Crippen LogP contribution in [0.1, 0.15) is 32.4 Å². The van der Waals surface area contributed by atoms with Crippen LogP contribution in [0.15, 0.2) is 67.4 Å². The third kappa shape index (κ3) is 3.24. The van der Waals surface area contributed by atoms with Crippen LogP contribution in [0.4, 0.5) is 0 Å². The van der Waals surface area contributed by atoms with Crippen LogP contribution in [0.25, 0.3) is 0 Å². The number of carbonyl (C=O) groups excluding carboxylic acids is 2. The van der Waals surface area contributed by atoms with Gasteiger partial charge in [-0.05, 0) is 11.6 Å². The van der Waals surface area contributed by atoms with E-state index < -0.39 is 17.9 Å². The van der Waals surface area contributed by atoms with Gasteiger partial charge in [-0.1, -0.05) is 55.1 Å². The first-order valence-electron chi connectivity index (χ1n) is 6.33. The molecule has 0 saturated carbocycles. The lowest BCUT2D eigenvalue weighted by Gasteiger charge is -2.12. The van der Waals surface area contributed by atoms with Crippen molar-refractivity contribution in [2.24, 2.45) is 0 Å². The van der Waals surface area contributed by atoms with Gasteiger partial charge in [0.25, 0.3) is 0 Å². The van der Waals surface area contributed by atoms with Crippen LogP contribution in [0.5, 0.6) is 0 Å². The maximum absolute atomic E-state index is 12.4. The molecule has 0 saturated heterocycles. The van der Waals surface area contributed by atoms with Crippen molar-refractivity contribution in [3.63, 3.8) is 0 Å². The molecule has 2 rings (SSSR count). The molecule has 4 heteroatoms. The number of esters is 1. The molecule has 2 aromatic rings. The van der Waals surface area contributed by atoms with Crippen LogP contribution in [0.3, 0.4) is 0 Å². The topological polar surface area (TPSA) is 63.6 Å². The zero-order chi connectivity index (χ0) is 15.2. The molecule has 1 unspecified atom stereocenters. The standard InChI is InChI=1S/C17H14O4/c1-2-21-17(20)14-11-7-6-10-13(14)16(19)15(18)12-8-4-3-5-9-12/h2-11,15,18H,1H2. The highest BCUT2D eigenvalue weighted by Gasteiger charge is 2.24. The first-order valence-corrected chi connectivity index (χ1v) is 6.33. The first-order chi connectivity index (χ1) is 10.1. The minimum atomic E-state index is -1.33. The number of carbonyl (C=O) groups is 2. The monoisotopic (exact) mass is 282 g/mol. The second-order valence-corrected chi connectivity index (χ2v) is 4.30. The number of ketones is 1. The Kier molecular flexibility index (Phi) is 4.64. The zero-order valence-corrected chi connectivity index (χ0v) is 11.2. The number of rotatable bonds is 5. The van der Waals surface area contributed by atoms with Gasteiger partial charge in [0.1, 0.15) is 6.10 Å². The zero-order valence-electron chi connectivity index (χ0n) is 11.2. The maximum Gasteiger partial charge on any atom is 0.343 e. The Labute approximate surface area is 122 Å². The molecule has 4 nitrogen and oxygen atoms in total. The quantitative estimate of drug-likeness (QED) is 0.520. The van der Waals surface area contributed by atoms with Gasteiger partial charge >= 0.3 is 5.97 Å². The summed E-state index contributed by atoms with van der Waals surface area (Å²) in [4.78, 5) is 24.2. The lowest BCUT2D eigenvalue weighted by atomic mass is 9.96. The number of ether oxygens (including phenoxy) is 1. The van der Waals surface area contributed by atoms with Gasteiger partial charge in [-0.3, -0.25) is 4.79 Å². The predicted octanol–water partition coefficient (Wildman–Crippen LogP) is 2.90. The molecule has 0 radical (unpaired) electrons. The normalized spacial score (nSPS) is 11.5. The van der Waals surface area contributed by atoms with E-state index in [1.165, 1.54) is 12.1 Å².